The monoisotopic (exact) mass is 446 g/mol. The van der Waals surface area contributed by atoms with Gasteiger partial charge in [0.25, 0.3) is 0 Å². The number of amides is 1. The molecule has 1 N–H and O–H groups in total. The van der Waals surface area contributed by atoms with E-state index in [0.29, 0.717) is 34.5 Å². The molecule has 7 nitrogen and oxygen atoms in total. The van der Waals surface area contributed by atoms with Crippen LogP contribution in [0.4, 0.5) is 5.00 Å². The highest BCUT2D eigenvalue weighted by Gasteiger charge is 2.29. The molecule has 168 valence electrons. The molecule has 0 aliphatic heterocycles. The highest BCUT2D eigenvalue weighted by Crippen LogP contribution is 2.40. The lowest BCUT2D eigenvalue weighted by Gasteiger charge is -2.18. The van der Waals surface area contributed by atoms with E-state index in [1.54, 1.807) is 14.2 Å². The highest BCUT2D eigenvalue weighted by atomic mass is 32.1. The summed E-state index contributed by atoms with van der Waals surface area (Å²) in [6.07, 6.45) is 2.81. The van der Waals surface area contributed by atoms with Crippen LogP contribution >= 0.6 is 11.3 Å². The number of likely N-dealkylation sites (N-methyl/N-ethyl adjacent to an activating group) is 1. The number of ether oxygens (including phenoxy) is 3. The van der Waals surface area contributed by atoms with E-state index in [0.717, 1.165) is 30.4 Å². The van der Waals surface area contributed by atoms with Crippen LogP contribution in [0.2, 0.25) is 0 Å². The van der Waals surface area contributed by atoms with Crippen molar-refractivity contribution in [2.45, 2.75) is 32.7 Å². The number of nitrogens with one attached hydrogen (secondary N) is 1. The number of rotatable bonds is 8. The zero-order valence-electron chi connectivity index (χ0n) is 18.7. The number of anilines is 1. The van der Waals surface area contributed by atoms with E-state index in [4.69, 9.17) is 14.2 Å². The first-order valence-corrected chi connectivity index (χ1v) is 11.1. The first-order valence-electron chi connectivity index (χ1n) is 10.3. The van der Waals surface area contributed by atoms with Gasteiger partial charge in [-0.15, -0.1) is 11.3 Å². The molecule has 0 fully saturated rings. The van der Waals surface area contributed by atoms with Crippen LogP contribution in [-0.2, 0) is 28.9 Å². The van der Waals surface area contributed by atoms with Gasteiger partial charge in [-0.05, 0) is 55.5 Å². The Labute approximate surface area is 187 Å². The van der Waals surface area contributed by atoms with Crippen LogP contribution in [0.15, 0.2) is 18.2 Å². The van der Waals surface area contributed by atoms with Crippen LogP contribution < -0.4 is 14.8 Å². The number of benzene rings is 1. The van der Waals surface area contributed by atoms with Gasteiger partial charge in [0.2, 0.25) is 5.91 Å². The van der Waals surface area contributed by atoms with E-state index in [1.807, 2.05) is 30.1 Å². The Balaban J connectivity index is 1.68. The number of nitrogens with zero attached hydrogens (tertiary/aromatic N) is 1. The van der Waals surface area contributed by atoms with Crippen LogP contribution in [0.1, 0.15) is 39.7 Å². The maximum absolute atomic E-state index is 12.7. The number of esters is 1. The van der Waals surface area contributed by atoms with Gasteiger partial charge in [0, 0.05) is 11.4 Å². The molecule has 3 rings (SSSR count). The largest absolute Gasteiger partial charge is 0.493 e. The molecule has 0 radical (unpaired) electrons. The number of methoxy groups -OCH3 is 3. The molecule has 0 spiro atoms. The predicted octanol–water partition coefficient (Wildman–Crippen LogP) is 3.75. The fourth-order valence-electron chi connectivity index (χ4n) is 3.91. The smallest absolute Gasteiger partial charge is 0.341 e. The Bertz CT molecular complexity index is 956. The van der Waals surface area contributed by atoms with Gasteiger partial charge in [-0.3, -0.25) is 9.69 Å². The van der Waals surface area contributed by atoms with Crippen LogP contribution in [0.3, 0.4) is 0 Å². The number of carbonyl (C=O) groups is 2. The van der Waals surface area contributed by atoms with E-state index >= 15 is 0 Å². The summed E-state index contributed by atoms with van der Waals surface area (Å²) >= 11 is 1.50. The third-order valence-corrected chi connectivity index (χ3v) is 6.64. The van der Waals surface area contributed by atoms with Crippen molar-refractivity contribution >= 4 is 28.2 Å². The molecule has 0 bridgehead atoms. The third kappa shape index (κ3) is 5.37. The molecule has 8 heteroatoms. The minimum Gasteiger partial charge on any atom is -0.493 e. The van der Waals surface area contributed by atoms with E-state index in [2.05, 4.69) is 12.2 Å². The molecule has 1 aliphatic rings. The summed E-state index contributed by atoms with van der Waals surface area (Å²) in [6.45, 7) is 2.96. The summed E-state index contributed by atoms with van der Waals surface area (Å²) in [5, 5.41) is 3.54. The van der Waals surface area contributed by atoms with Crippen molar-refractivity contribution in [2.24, 2.45) is 5.92 Å². The van der Waals surface area contributed by atoms with Crippen molar-refractivity contribution in [1.82, 2.24) is 4.90 Å². The second-order valence-corrected chi connectivity index (χ2v) is 9.06. The van der Waals surface area contributed by atoms with E-state index in [1.165, 1.54) is 23.3 Å². The SMILES string of the molecule is COC(=O)c1c(NC(=O)CN(C)Cc2ccc(OC)c(OC)c2)sc2c1CCC(C)C2. The molecule has 1 aromatic heterocycles. The molecule has 2 aromatic rings. The Kier molecular flexibility index (Phi) is 7.56. The Hall–Kier alpha value is -2.58. The van der Waals surface area contributed by atoms with E-state index in [9.17, 15) is 9.59 Å². The Morgan fingerprint density at radius 2 is 1.94 bits per heavy atom. The summed E-state index contributed by atoms with van der Waals surface area (Å²) in [4.78, 5) is 28.2. The predicted molar refractivity (Wildman–Crippen MR) is 121 cm³/mol. The quantitative estimate of drug-likeness (QED) is 0.623. The Morgan fingerprint density at radius 1 is 1.19 bits per heavy atom. The summed E-state index contributed by atoms with van der Waals surface area (Å²) in [5.74, 6) is 1.34. The lowest BCUT2D eigenvalue weighted by atomic mass is 9.88. The molecule has 1 aliphatic carbocycles. The maximum atomic E-state index is 12.7. The fraction of sp³-hybridized carbons (Fsp3) is 0.478. The molecule has 1 unspecified atom stereocenters. The maximum Gasteiger partial charge on any atom is 0.341 e. The summed E-state index contributed by atoms with van der Waals surface area (Å²) in [6, 6.07) is 5.69. The van der Waals surface area contributed by atoms with Gasteiger partial charge in [-0.2, -0.15) is 0 Å². The second kappa shape index (κ2) is 10.2. The molecule has 0 saturated carbocycles. The first-order chi connectivity index (χ1) is 14.9. The molecular weight excluding hydrogens is 416 g/mol. The van der Waals surface area contributed by atoms with Gasteiger partial charge in [0.15, 0.2) is 11.5 Å². The second-order valence-electron chi connectivity index (χ2n) is 7.96. The molecule has 1 amide bonds. The van der Waals surface area contributed by atoms with Gasteiger partial charge in [-0.25, -0.2) is 4.79 Å². The van der Waals surface area contributed by atoms with Gasteiger partial charge < -0.3 is 19.5 Å². The van der Waals surface area contributed by atoms with Crippen molar-refractivity contribution in [2.75, 3.05) is 40.2 Å². The average Bonchev–Trinajstić information content (AvgIpc) is 3.09. The van der Waals surface area contributed by atoms with Gasteiger partial charge in [0.1, 0.15) is 5.00 Å². The van der Waals surface area contributed by atoms with Gasteiger partial charge in [0.05, 0.1) is 33.4 Å². The number of thiophene rings is 1. The van der Waals surface area contributed by atoms with Crippen LogP contribution in [-0.4, -0.2) is 51.7 Å². The standard InChI is InChI=1S/C23H30N2O5S/c1-14-6-8-16-19(10-14)31-22(21(16)23(27)30-5)24-20(26)13-25(2)12-15-7-9-17(28-3)18(11-15)29-4/h7,9,11,14H,6,8,10,12-13H2,1-5H3,(H,24,26). The molecule has 0 saturated heterocycles. The summed E-state index contributed by atoms with van der Waals surface area (Å²) in [7, 11) is 6.44. The molecular formula is C23H30N2O5S. The minimum absolute atomic E-state index is 0.167. The fourth-order valence-corrected chi connectivity index (χ4v) is 5.33. The number of hydrogen-bond donors (Lipinski definition) is 1. The van der Waals surface area contributed by atoms with Crippen LogP contribution in [0.25, 0.3) is 0 Å². The van der Waals surface area contributed by atoms with Gasteiger partial charge >= 0.3 is 5.97 Å². The van der Waals surface area contributed by atoms with Crippen molar-refractivity contribution < 1.29 is 23.8 Å². The lowest BCUT2D eigenvalue weighted by molar-refractivity contribution is -0.117. The zero-order valence-corrected chi connectivity index (χ0v) is 19.6. The van der Waals surface area contributed by atoms with Crippen LogP contribution in [0, 0.1) is 5.92 Å². The van der Waals surface area contributed by atoms with Crippen LogP contribution in [0.5, 0.6) is 11.5 Å². The zero-order chi connectivity index (χ0) is 22.5. The first kappa shape index (κ1) is 23.1. The molecule has 31 heavy (non-hydrogen) atoms. The number of carbonyl (C=O) groups excluding carboxylic acids is 2. The highest BCUT2D eigenvalue weighted by molar-refractivity contribution is 7.17. The Morgan fingerprint density at radius 3 is 2.61 bits per heavy atom. The normalized spacial score (nSPS) is 15.4. The van der Waals surface area contributed by atoms with Crippen molar-refractivity contribution in [1.29, 1.82) is 0 Å². The van der Waals surface area contributed by atoms with Crippen molar-refractivity contribution in [3.63, 3.8) is 0 Å². The van der Waals surface area contributed by atoms with Crippen molar-refractivity contribution in [3.05, 3.63) is 39.8 Å². The summed E-state index contributed by atoms with van der Waals surface area (Å²) in [5.41, 5.74) is 2.55. The summed E-state index contributed by atoms with van der Waals surface area (Å²) < 4.78 is 15.6. The van der Waals surface area contributed by atoms with Gasteiger partial charge in [-0.1, -0.05) is 13.0 Å². The third-order valence-electron chi connectivity index (χ3n) is 5.47. The lowest BCUT2D eigenvalue weighted by Crippen LogP contribution is -2.30. The van der Waals surface area contributed by atoms with Crippen molar-refractivity contribution in [3.8, 4) is 11.5 Å². The molecule has 1 heterocycles. The average molecular weight is 447 g/mol. The molecule has 1 aromatic carbocycles. The van der Waals surface area contributed by atoms with E-state index in [-0.39, 0.29) is 18.4 Å². The van der Waals surface area contributed by atoms with E-state index < -0.39 is 0 Å². The number of fused-ring (bicyclic) bond motifs is 1. The minimum atomic E-state index is -0.388. The topological polar surface area (TPSA) is 77.1 Å². The molecule has 1 atom stereocenters. The number of hydrogen-bond acceptors (Lipinski definition) is 7.